The largest absolute Gasteiger partial charge is 0.416 e. The molecular formula is C21H17F3N6O. The summed E-state index contributed by atoms with van der Waals surface area (Å²) in [5, 5.41) is 11.0. The van der Waals surface area contributed by atoms with Crippen LogP contribution >= 0.6 is 0 Å². The van der Waals surface area contributed by atoms with Crippen molar-refractivity contribution in [3.05, 3.63) is 89.6 Å². The third-order valence-electron chi connectivity index (χ3n) is 4.67. The van der Waals surface area contributed by atoms with E-state index in [0.29, 0.717) is 11.5 Å². The Hall–Kier alpha value is -3.95. The number of halogens is 3. The molecule has 31 heavy (non-hydrogen) atoms. The second-order valence-electron chi connectivity index (χ2n) is 6.76. The zero-order valence-corrected chi connectivity index (χ0v) is 16.3. The van der Waals surface area contributed by atoms with Gasteiger partial charge in [0.15, 0.2) is 5.82 Å². The number of hydrogen-bond acceptors (Lipinski definition) is 4. The van der Waals surface area contributed by atoms with Crippen molar-refractivity contribution in [2.75, 3.05) is 0 Å². The van der Waals surface area contributed by atoms with Crippen LogP contribution in [0.1, 0.15) is 27.2 Å². The lowest BCUT2D eigenvalue weighted by molar-refractivity contribution is -0.137. The number of pyridine rings is 1. The first kappa shape index (κ1) is 20.3. The predicted molar refractivity (Wildman–Crippen MR) is 106 cm³/mol. The van der Waals surface area contributed by atoms with Crippen molar-refractivity contribution in [3.8, 4) is 11.5 Å². The second kappa shape index (κ2) is 8.05. The predicted octanol–water partition coefficient (Wildman–Crippen LogP) is 3.71. The molecule has 10 heteroatoms. The van der Waals surface area contributed by atoms with Crippen molar-refractivity contribution in [2.24, 2.45) is 0 Å². The highest BCUT2D eigenvalue weighted by atomic mass is 19.4. The molecule has 0 radical (unpaired) electrons. The average Bonchev–Trinajstić information content (AvgIpc) is 3.42. The summed E-state index contributed by atoms with van der Waals surface area (Å²) in [7, 11) is 0. The van der Waals surface area contributed by atoms with Gasteiger partial charge in [-0.05, 0) is 48.9 Å². The van der Waals surface area contributed by atoms with E-state index in [1.54, 1.807) is 48.4 Å². The van der Waals surface area contributed by atoms with E-state index in [1.807, 2.05) is 0 Å². The van der Waals surface area contributed by atoms with Gasteiger partial charge in [0.2, 0.25) is 0 Å². The Morgan fingerprint density at radius 3 is 2.68 bits per heavy atom. The average molecular weight is 426 g/mol. The van der Waals surface area contributed by atoms with Gasteiger partial charge in [-0.2, -0.15) is 23.4 Å². The smallest absolute Gasteiger partial charge is 0.348 e. The van der Waals surface area contributed by atoms with Gasteiger partial charge in [0.1, 0.15) is 0 Å². The van der Waals surface area contributed by atoms with Gasteiger partial charge in [-0.3, -0.25) is 4.79 Å². The van der Waals surface area contributed by atoms with E-state index in [1.165, 1.54) is 23.0 Å². The van der Waals surface area contributed by atoms with Crippen LogP contribution in [0.25, 0.3) is 11.5 Å². The maximum absolute atomic E-state index is 13.0. The lowest BCUT2D eigenvalue weighted by Crippen LogP contribution is -2.23. The number of carbonyl (C=O) groups is 1. The van der Waals surface area contributed by atoms with Gasteiger partial charge in [0.05, 0.1) is 28.7 Å². The Kier molecular flexibility index (Phi) is 5.28. The monoisotopic (exact) mass is 426 g/mol. The highest BCUT2D eigenvalue weighted by Crippen LogP contribution is 2.30. The molecule has 0 atom stereocenters. The number of nitrogens with one attached hydrogen (secondary N) is 1. The fourth-order valence-corrected chi connectivity index (χ4v) is 3.08. The quantitative estimate of drug-likeness (QED) is 0.528. The van der Waals surface area contributed by atoms with E-state index in [2.05, 4.69) is 20.5 Å². The summed E-state index contributed by atoms with van der Waals surface area (Å²) in [5.41, 5.74) is 0.972. The van der Waals surface area contributed by atoms with Crippen molar-refractivity contribution in [1.29, 1.82) is 0 Å². The maximum atomic E-state index is 13.0. The van der Waals surface area contributed by atoms with Crippen LogP contribution in [0.15, 0.2) is 67.3 Å². The summed E-state index contributed by atoms with van der Waals surface area (Å²) in [6, 6.07) is 10.1. The van der Waals surface area contributed by atoms with Crippen LogP contribution in [0.3, 0.4) is 0 Å². The van der Waals surface area contributed by atoms with Crippen LogP contribution in [0, 0.1) is 6.92 Å². The molecule has 0 fully saturated rings. The van der Waals surface area contributed by atoms with Gasteiger partial charge >= 0.3 is 6.18 Å². The minimum absolute atomic E-state index is 0.226. The number of alkyl halides is 3. The summed E-state index contributed by atoms with van der Waals surface area (Å²) in [4.78, 5) is 16.9. The minimum atomic E-state index is -4.46. The van der Waals surface area contributed by atoms with Crippen molar-refractivity contribution < 1.29 is 18.0 Å². The highest BCUT2D eigenvalue weighted by molar-refractivity contribution is 5.95. The number of amides is 1. The molecule has 1 N–H and O–H groups in total. The van der Waals surface area contributed by atoms with E-state index >= 15 is 0 Å². The number of hydrogen-bond donors (Lipinski definition) is 1. The minimum Gasteiger partial charge on any atom is -0.348 e. The van der Waals surface area contributed by atoms with Crippen LogP contribution in [0.5, 0.6) is 0 Å². The molecule has 0 saturated carbocycles. The Bertz CT molecular complexity index is 1210. The third-order valence-corrected chi connectivity index (χ3v) is 4.67. The number of aromatic nitrogens is 5. The van der Waals surface area contributed by atoms with Crippen LogP contribution in [0.2, 0.25) is 0 Å². The Balaban J connectivity index is 1.50. The van der Waals surface area contributed by atoms with Crippen LogP contribution in [-0.2, 0) is 12.7 Å². The van der Waals surface area contributed by atoms with Crippen LogP contribution < -0.4 is 5.32 Å². The first-order valence-corrected chi connectivity index (χ1v) is 9.28. The topological polar surface area (TPSA) is 77.6 Å². The Labute approximate surface area is 175 Å². The fourth-order valence-electron chi connectivity index (χ4n) is 3.08. The molecule has 4 aromatic rings. The van der Waals surface area contributed by atoms with Gasteiger partial charge in [-0.1, -0.05) is 6.07 Å². The third kappa shape index (κ3) is 4.32. The van der Waals surface area contributed by atoms with Crippen LogP contribution in [0.4, 0.5) is 13.2 Å². The summed E-state index contributed by atoms with van der Waals surface area (Å²) in [6.45, 7) is 1.87. The van der Waals surface area contributed by atoms with Gasteiger partial charge in [-0.25, -0.2) is 14.3 Å². The Morgan fingerprint density at radius 2 is 1.94 bits per heavy atom. The van der Waals surface area contributed by atoms with Crippen molar-refractivity contribution in [3.63, 3.8) is 0 Å². The summed E-state index contributed by atoms with van der Waals surface area (Å²) < 4.78 is 41.9. The number of nitrogens with zero attached hydrogens (tertiary/aromatic N) is 5. The SMILES string of the molecule is Cc1c(C(=O)NCc2ccnc(-n3cccn3)c2)cnn1-c1cccc(C(F)(F)F)c1. The Morgan fingerprint density at radius 1 is 1.10 bits per heavy atom. The van der Waals surface area contributed by atoms with Crippen molar-refractivity contribution >= 4 is 5.91 Å². The van der Waals surface area contributed by atoms with E-state index in [-0.39, 0.29) is 23.7 Å². The molecule has 0 aliphatic heterocycles. The zero-order valence-electron chi connectivity index (χ0n) is 16.3. The molecule has 158 valence electrons. The molecule has 0 bridgehead atoms. The summed E-state index contributed by atoms with van der Waals surface area (Å²) in [5.74, 6) is 0.235. The highest BCUT2D eigenvalue weighted by Gasteiger charge is 2.30. The molecule has 3 heterocycles. The first-order chi connectivity index (χ1) is 14.8. The molecule has 0 unspecified atom stereocenters. The second-order valence-corrected chi connectivity index (χ2v) is 6.76. The number of benzene rings is 1. The van der Waals surface area contributed by atoms with Gasteiger partial charge < -0.3 is 5.32 Å². The standard InChI is InChI=1S/C21H17F3N6O/c1-14-18(13-28-30(14)17-5-2-4-16(11-17)21(22,23)24)20(31)26-12-15-6-8-25-19(10-15)29-9-3-7-27-29/h2-11,13H,12H2,1H3,(H,26,31). The molecule has 0 aliphatic carbocycles. The van der Waals surface area contributed by atoms with Gasteiger partial charge in [-0.15, -0.1) is 0 Å². The molecule has 3 aromatic heterocycles. The molecule has 4 rings (SSSR count). The van der Waals surface area contributed by atoms with Gasteiger partial charge in [0.25, 0.3) is 5.91 Å². The summed E-state index contributed by atoms with van der Waals surface area (Å²) >= 11 is 0. The molecule has 1 amide bonds. The van der Waals surface area contributed by atoms with E-state index in [4.69, 9.17) is 0 Å². The normalized spacial score (nSPS) is 11.5. The van der Waals surface area contributed by atoms with Gasteiger partial charge in [0, 0.05) is 25.1 Å². The molecule has 0 aliphatic rings. The fraction of sp³-hybridized carbons (Fsp3) is 0.143. The number of carbonyl (C=O) groups excluding carboxylic acids is 1. The number of rotatable bonds is 5. The molecule has 0 saturated heterocycles. The first-order valence-electron chi connectivity index (χ1n) is 9.28. The maximum Gasteiger partial charge on any atom is 0.416 e. The van der Waals surface area contributed by atoms with Crippen molar-refractivity contribution in [1.82, 2.24) is 29.9 Å². The molecule has 0 spiro atoms. The lowest BCUT2D eigenvalue weighted by Gasteiger charge is -2.10. The van der Waals surface area contributed by atoms with E-state index in [9.17, 15) is 18.0 Å². The zero-order chi connectivity index (χ0) is 22.0. The molecule has 1 aromatic carbocycles. The lowest BCUT2D eigenvalue weighted by atomic mass is 10.2. The molecular weight excluding hydrogens is 409 g/mol. The van der Waals surface area contributed by atoms with Crippen LogP contribution in [-0.4, -0.2) is 30.5 Å². The van der Waals surface area contributed by atoms with E-state index in [0.717, 1.165) is 17.7 Å². The molecule has 7 nitrogen and oxygen atoms in total. The summed E-state index contributed by atoms with van der Waals surface area (Å²) in [6.07, 6.45) is 1.90. The van der Waals surface area contributed by atoms with E-state index < -0.39 is 11.7 Å². The van der Waals surface area contributed by atoms with Crippen molar-refractivity contribution in [2.45, 2.75) is 19.6 Å².